The molecule has 0 aliphatic carbocycles. The number of benzene rings is 3. The summed E-state index contributed by atoms with van der Waals surface area (Å²) in [6.07, 6.45) is 2.17. The second kappa shape index (κ2) is 9.68. The number of anilines is 2. The molecule has 1 N–H and O–H groups in total. The first-order valence-electron chi connectivity index (χ1n) is 11.2. The topological polar surface area (TPSA) is 92.8 Å². The van der Waals surface area contributed by atoms with Gasteiger partial charge in [0, 0.05) is 12.2 Å². The number of nitrogens with one attached hydrogen (secondary N) is 1. The van der Waals surface area contributed by atoms with Gasteiger partial charge in [-0.25, -0.2) is 16.8 Å². The van der Waals surface area contributed by atoms with Crippen LogP contribution in [0.25, 0.3) is 0 Å². The predicted octanol–water partition coefficient (Wildman–Crippen LogP) is 4.73. The lowest BCUT2D eigenvalue weighted by atomic mass is 10.0. The third-order valence-corrected chi connectivity index (χ3v) is 8.86. The molecule has 0 bridgehead atoms. The normalized spacial score (nSPS) is 13.9. The lowest BCUT2D eigenvalue weighted by Crippen LogP contribution is -2.35. The Morgan fingerprint density at radius 2 is 1.71 bits per heavy atom. The highest BCUT2D eigenvalue weighted by Gasteiger charge is 2.29. The highest BCUT2D eigenvalue weighted by atomic mass is 32.2. The Morgan fingerprint density at radius 3 is 2.41 bits per heavy atom. The molecule has 0 atom stereocenters. The van der Waals surface area contributed by atoms with Crippen LogP contribution in [-0.2, 0) is 26.5 Å². The molecular weight excluding hydrogens is 472 g/mol. The number of rotatable bonds is 8. The predicted molar refractivity (Wildman–Crippen MR) is 134 cm³/mol. The molecule has 180 valence electrons. The van der Waals surface area contributed by atoms with E-state index in [0.29, 0.717) is 43.1 Å². The first kappa shape index (κ1) is 24.1. The molecule has 7 nitrogen and oxygen atoms in total. The Bertz CT molecular complexity index is 1390. The molecule has 9 heteroatoms. The van der Waals surface area contributed by atoms with Crippen molar-refractivity contribution in [2.75, 3.05) is 22.2 Å². The van der Waals surface area contributed by atoms with E-state index in [2.05, 4.69) is 4.72 Å². The van der Waals surface area contributed by atoms with E-state index in [1.54, 1.807) is 60.7 Å². The maximum atomic E-state index is 13.2. The number of nitrogens with zero attached hydrogens (tertiary/aromatic N) is 1. The number of hydrogen-bond donors (Lipinski definition) is 1. The minimum Gasteiger partial charge on any atom is -0.493 e. The van der Waals surface area contributed by atoms with E-state index in [0.717, 1.165) is 17.5 Å². The van der Waals surface area contributed by atoms with Crippen molar-refractivity contribution in [3.05, 3.63) is 77.9 Å². The zero-order valence-electron chi connectivity index (χ0n) is 19.2. The van der Waals surface area contributed by atoms with Gasteiger partial charge in [-0.05, 0) is 85.8 Å². The van der Waals surface area contributed by atoms with Gasteiger partial charge in [-0.3, -0.25) is 9.03 Å². The Labute approximate surface area is 201 Å². The van der Waals surface area contributed by atoms with Gasteiger partial charge in [0.1, 0.15) is 5.75 Å². The third kappa shape index (κ3) is 4.90. The molecule has 0 spiro atoms. The number of ether oxygens (including phenoxy) is 1. The van der Waals surface area contributed by atoms with Crippen LogP contribution in [0.5, 0.6) is 5.75 Å². The fraction of sp³-hybridized carbons (Fsp3) is 0.280. The van der Waals surface area contributed by atoms with E-state index in [-0.39, 0.29) is 9.79 Å². The number of sulfonamides is 2. The molecular formula is C25H28N2O5S2. The molecule has 3 aromatic carbocycles. The van der Waals surface area contributed by atoms with Gasteiger partial charge in [-0.2, -0.15) is 0 Å². The SMILES string of the molecule is CCCOc1ccc(S(=O)(=O)Nc2ccc3c(c2)CCCN3S(=O)(=O)c2ccccc2)cc1C. The van der Waals surface area contributed by atoms with Crippen molar-refractivity contribution in [3.63, 3.8) is 0 Å². The Hall–Kier alpha value is -3.04. The highest BCUT2D eigenvalue weighted by Crippen LogP contribution is 2.34. The van der Waals surface area contributed by atoms with Crippen molar-refractivity contribution >= 4 is 31.4 Å². The van der Waals surface area contributed by atoms with Crippen molar-refractivity contribution in [1.29, 1.82) is 0 Å². The maximum absolute atomic E-state index is 13.2. The quantitative estimate of drug-likeness (QED) is 0.483. The van der Waals surface area contributed by atoms with E-state index >= 15 is 0 Å². The van der Waals surface area contributed by atoms with Gasteiger partial charge in [0.05, 0.1) is 22.1 Å². The average Bonchev–Trinajstić information content (AvgIpc) is 2.83. The van der Waals surface area contributed by atoms with Gasteiger partial charge in [-0.1, -0.05) is 25.1 Å². The van der Waals surface area contributed by atoms with Gasteiger partial charge in [0.2, 0.25) is 0 Å². The molecule has 0 fully saturated rings. The van der Waals surface area contributed by atoms with Crippen LogP contribution >= 0.6 is 0 Å². The summed E-state index contributed by atoms with van der Waals surface area (Å²) in [4.78, 5) is 0.370. The molecule has 34 heavy (non-hydrogen) atoms. The molecule has 1 heterocycles. The lowest BCUT2D eigenvalue weighted by molar-refractivity contribution is 0.315. The minimum atomic E-state index is -3.82. The summed E-state index contributed by atoms with van der Waals surface area (Å²) in [6.45, 7) is 4.76. The van der Waals surface area contributed by atoms with E-state index in [9.17, 15) is 16.8 Å². The van der Waals surface area contributed by atoms with Gasteiger partial charge in [0.15, 0.2) is 0 Å². The lowest BCUT2D eigenvalue weighted by Gasteiger charge is -2.31. The summed E-state index contributed by atoms with van der Waals surface area (Å²) >= 11 is 0. The van der Waals surface area contributed by atoms with Crippen molar-refractivity contribution in [1.82, 2.24) is 0 Å². The fourth-order valence-electron chi connectivity index (χ4n) is 3.97. The minimum absolute atomic E-state index is 0.139. The Balaban J connectivity index is 1.59. The summed E-state index contributed by atoms with van der Waals surface area (Å²) in [5.41, 5.74) is 2.49. The first-order chi connectivity index (χ1) is 16.2. The molecule has 4 rings (SSSR count). The third-order valence-electron chi connectivity index (χ3n) is 5.66. The van der Waals surface area contributed by atoms with Crippen molar-refractivity contribution < 1.29 is 21.6 Å². The second-order valence-electron chi connectivity index (χ2n) is 8.22. The molecule has 1 aliphatic rings. The largest absolute Gasteiger partial charge is 0.493 e. The van der Waals surface area contributed by atoms with Crippen LogP contribution in [0.2, 0.25) is 0 Å². The summed E-state index contributed by atoms with van der Waals surface area (Å²) < 4.78 is 62.0. The van der Waals surface area contributed by atoms with Crippen LogP contribution < -0.4 is 13.8 Å². The molecule has 3 aromatic rings. The van der Waals surface area contributed by atoms with Gasteiger partial charge in [0.25, 0.3) is 20.0 Å². The van der Waals surface area contributed by atoms with Crippen LogP contribution in [-0.4, -0.2) is 30.0 Å². The molecule has 0 saturated heterocycles. The number of fused-ring (bicyclic) bond motifs is 1. The maximum Gasteiger partial charge on any atom is 0.264 e. The van der Waals surface area contributed by atoms with E-state index < -0.39 is 20.0 Å². The highest BCUT2D eigenvalue weighted by molar-refractivity contribution is 7.93. The summed E-state index contributed by atoms with van der Waals surface area (Å²) in [7, 11) is -7.52. The summed E-state index contributed by atoms with van der Waals surface area (Å²) in [5, 5.41) is 0. The molecule has 0 unspecified atom stereocenters. The zero-order chi connectivity index (χ0) is 24.3. The van der Waals surface area contributed by atoms with Crippen molar-refractivity contribution in [2.45, 2.75) is 42.9 Å². The standard InChI is InChI=1S/C25H28N2O5S2/c1-3-16-32-25-14-12-23(17-19(25)2)33(28,29)26-21-11-13-24-20(18-21)8-7-15-27(24)34(30,31)22-9-5-4-6-10-22/h4-6,9-14,17-18,26H,3,7-8,15-16H2,1-2H3. The Morgan fingerprint density at radius 1 is 0.941 bits per heavy atom. The zero-order valence-corrected chi connectivity index (χ0v) is 20.8. The Kier molecular flexibility index (Phi) is 6.86. The fourth-order valence-corrected chi connectivity index (χ4v) is 6.67. The van der Waals surface area contributed by atoms with Crippen molar-refractivity contribution in [3.8, 4) is 5.75 Å². The molecule has 0 saturated carbocycles. The average molecular weight is 501 g/mol. The van der Waals surface area contributed by atoms with Crippen molar-refractivity contribution in [2.24, 2.45) is 0 Å². The molecule has 1 aliphatic heterocycles. The van der Waals surface area contributed by atoms with E-state index in [4.69, 9.17) is 4.74 Å². The van der Waals surface area contributed by atoms with Crippen LogP contribution in [0.15, 0.2) is 76.5 Å². The summed E-state index contributed by atoms with van der Waals surface area (Å²) in [5.74, 6) is 0.661. The van der Waals surface area contributed by atoms with Crippen LogP contribution in [0.4, 0.5) is 11.4 Å². The van der Waals surface area contributed by atoms with Gasteiger partial charge < -0.3 is 4.74 Å². The molecule has 0 radical (unpaired) electrons. The van der Waals surface area contributed by atoms with Crippen LogP contribution in [0.3, 0.4) is 0 Å². The van der Waals surface area contributed by atoms with Gasteiger partial charge in [-0.15, -0.1) is 0 Å². The van der Waals surface area contributed by atoms with E-state index in [1.807, 2.05) is 13.8 Å². The summed E-state index contributed by atoms with van der Waals surface area (Å²) in [6, 6.07) is 18.1. The molecule has 0 amide bonds. The number of aryl methyl sites for hydroxylation is 2. The van der Waals surface area contributed by atoms with Crippen LogP contribution in [0, 0.1) is 6.92 Å². The van der Waals surface area contributed by atoms with Crippen LogP contribution in [0.1, 0.15) is 30.9 Å². The number of hydrogen-bond acceptors (Lipinski definition) is 5. The smallest absolute Gasteiger partial charge is 0.264 e. The first-order valence-corrected chi connectivity index (χ1v) is 14.1. The second-order valence-corrected chi connectivity index (χ2v) is 11.8. The molecule has 0 aromatic heterocycles. The monoisotopic (exact) mass is 500 g/mol. The van der Waals surface area contributed by atoms with E-state index in [1.165, 1.54) is 10.4 Å². The van der Waals surface area contributed by atoms with Gasteiger partial charge >= 0.3 is 0 Å².